The number of benzene rings is 1. The van der Waals surface area contributed by atoms with Crippen LogP contribution in [0.15, 0.2) is 29.3 Å². The standard InChI is InChI=1S/C16H26N2O2/c1-5-15-8-6-7-9-16(15)17-14(2)18(3)10-11-20-13-12-19-4/h6-9H,5,10-13H2,1-4H3. The van der Waals surface area contributed by atoms with Crippen LogP contribution in [0.1, 0.15) is 19.4 Å². The van der Waals surface area contributed by atoms with Crippen molar-refractivity contribution in [3.63, 3.8) is 0 Å². The fourth-order valence-electron chi connectivity index (χ4n) is 1.79. The Hall–Kier alpha value is -1.39. The van der Waals surface area contributed by atoms with Gasteiger partial charge in [-0.25, -0.2) is 4.99 Å². The highest BCUT2D eigenvalue weighted by atomic mass is 16.5. The molecule has 0 aromatic heterocycles. The number of hydrogen-bond acceptors (Lipinski definition) is 3. The van der Waals surface area contributed by atoms with E-state index in [2.05, 4.69) is 30.0 Å². The summed E-state index contributed by atoms with van der Waals surface area (Å²) in [6.45, 7) is 6.97. The molecule has 1 aromatic carbocycles. The first kappa shape index (κ1) is 16.7. The highest BCUT2D eigenvalue weighted by Gasteiger charge is 2.03. The molecular weight excluding hydrogens is 252 g/mol. The zero-order valence-corrected chi connectivity index (χ0v) is 13.1. The minimum Gasteiger partial charge on any atom is -0.382 e. The van der Waals surface area contributed by atoms with Gasteiger partial charge < -0.3 is 14.4 Å². The maximum atomic E-state index is 5.47. The first-order valence-corrected chi connectivity index (χ1v) is 7.10. The Morgan fingerprint density at radius 3 is 2.65 bits per heavy atom. The predicted octanol–water partition coefficient (Wildman–Crippen LogP) is 2.89. The minimum absolute atomic E-state index is 0.638. The van der Waals surface area contributed by atoms with Crippen molar-refractivity contribution in [1.29, 1.82) is 0 Å². The monoisotopic (exact) mass is 278 g/mol. The van der Waals surface area contributed by atoms with Crippen LogP contribution in [0.2, 0.25) is 0 Å². The number of methoxy groups -OCH3 is 1. The third kappa shape index (κ3) is 5.72. The molecule has 112 valence electrons. The molecule has 20 heavy (non-hydrogen) atoms. The predicted molar refractivity (Wildman–Crippen MR) is 83.9 cm³/mol. The van der Waals surface area contributed by atoms with Crippen LogP contribution in [0.4, 0.5) is 5.69 Å². The summed E-state index contributed by atoms with van der Waals surface area (Å²) in [4.78, 5) is 6.82. The zero-order chi connectivity index (χ0) is 14.8. The van der Waals surface area contributed by atoms with Crippen LogP contribution in [0, 0.1) is 0 Å². The molecule has 0 aliphatic heterocycles. The van der Waals surface area contributed by atoms with Gasteiger partial charge in [0, 0.05) is 20.7 Å². The van der Waals surface area contributed by atoms with Crippen LogP contribution < -0.4 is 0 Å². The van der Waals surface area contributed by atoms with Crippen LogP contribution in [0.5, 0.6) is 0 Å². The smallest absolute Gasteiger partial charge is 0.101 e. The lowest BCUT2D eigenvalue weighted by molar-refractivity contribution is 0.0665. The second kappa shape index (κ2) is 9.50. The highest BCUT2D eigenvalue weighted by molar-refractivity contribution is 5.82. The first-order valence-electron chi connectivity index (χ1n) is 7.10. The van der Waals surface area contributed by atoms with E-state index >= 15 is 0 Å². The van der Waals surface area contributed by atoms with Gasteiger partial charge in [0.05, 0.1) is 25.5 Å². The van der Waals surface area contributed by atoms with Crippen molar-refractivity contribution in [3.8, 4) is 0 Å². The van der Waals surface area contributed by atoms with E-state index in [1.54, 1.807) is 7.11 Å². The molecule has 1 aromatic rings. The maximum absolute atomic E-state index is 5.47. The van der Waals surface area contributed by atoms with Gasteiger partial charge in [-0.15, -0.1) is 0 Å². The van der Waals surface area contributed by atoms with Gasteiger partial charge in [-0.1, -0.05) is 25.1 Å². The molecule has 4 heteroatoms. The van der Waals surface area contributed by atoms with Crippen molar-refractivity contribution >= 4 is 11.5 Å². The lowest BCUT2D eigenvalue weighted by Crippen LogP contribution is -2.28. The van der Waals surface area contributed by atoms with Crippen molar-refractivity contribution in [2.75, 3.05) is 40.5 Å². The van der Waals surface area contributed by atoms with Gasteiger partial charge in [0.25, 0.3) is 0 Å². The number of aryl methyl sites for hydroxylation is 1. The Kier molecular flexibility index (Phi) is 7.92. The summed E-state index contributed by atoms with van der Waals surface area (Å²) >= 11 is 0. The maximum Gasteiger partial charge on any atom is 0.101 e. The molecule has 0 spiro atoms. The van der Waals surface area contributed by atoms with E-state index in [1.165, 1.54) is 5.56 Å². The van der Waals surface area contributed by atoms with Crippen molar-refractivity contribution in [1.82, 2.24) is 4.90 Å². The highest BCUT2D eigenvalue weighted by Crippen LogP contribution is 2.19. The number of amidine groups is 1. The fourth-order valence-corrected chi connectivity index (χ4v) is 1.79. The lowest BCUT2D eigenvalue weighted by Gasteiger charge is -2.19. The molecule has 0 atom stereocenters. The molecule has 0 aliphatic carbocycles. The molecular formula is C16H26N2O2. The summed E-state index contributed by atoms with van der Waals surface area (Å²) in [6, 6.07) is 8.27. The summed E-state index contributed by atoms with van der Waals surface area (Å²) in [5.41, 5.74) is 2.33. The summed E-state index contributed by atoms with van der Waals surface area (Å²) in [6.07, 6.45) is 0.997. The van der Waals surface area contributed by atoms with Crippen LogP contribution in [-0.4, -0.2) is 51.3 Å². The molecule has 4 nitrogen and oxygen atoms in total. The lowest BCUT2D eigenvalue weighted by atomic mass is 10.1. The van der Waals surface area contributed by atoms with E-state index in [4.69, 9.17) is 14.5 Å². The minimum atomic E-state index is 0.638. The Labute approximate surface area is 122 Å². The molecule has 0 heterocycles. The average molecular weight is 278 g/mol. The number of aliphatic imine (C=N–C) groups is 1. The Morgan fingerprint density at radius 2 is 1.95 bits per heavy atom. The van der Waals surface area contributed by atoms with Crippen LogP contribution in [-0.2, 0) is 15.9 Å². The number of ether oxygens (including phenoxy) is 2. The fraction of sp³-hybridized carbons (Fsp3) is 0.562. The van der Waals surface area contributed by atoms with Crippen molar-refractivity contribution in [2.24, 2.45) is 4.99 Å². The summed E-state index contributed by atoms with van der Waals surface area (Å²) in [5.74, 6) is 1.00. The Morgan fingerprint density at radius 1 is 1.20 bits per heavy atom. The van der Waals surface area contributed by atoms with E-state index in [1.807, 2.05) is 20.0 Å². The topological polar surface area (TPSA) is 34.1 Å². The zero-order valence-electron chi connectivity index (χ0n) is 13.1. The van der Waals surface area contributed by atoms with Crippen LogP contribution >= 0.6 is 0 Å². The second-order valence-corrected chi connectivity index (χ2v) is 4.67. The third-order valence-electron chi connectivity index (χ3n) is 3.21. The molecule has 0 radical (unpaired) electrons. The molecule has 0 bridgehead atoms. The molecule has 1 rings (SSSR count). The largest absolute Gasteiger partial charge is 0.382 e. The first-order chi connectivity index (χ1) is 9.69. The van der Waals surface area contributed by atoms with E-state index in [0.29, 0.717) is 19.8 Å². The third-order valence-corrected chi connectivity index (χ3v) is 3.21. The summed E-state index contributed by atoms with van der Waals surface area (Å²) in [5, 5.41) is 0. The number of hydrogen-bond donors (Lipinski definition) is 0. The van der Waals surface area contributed by atoms with E-state index in [9.17, 15) is 0 Å². The van der Waals surface area contributed by atoms with E-state index in [-0.39, 0.29) is 0 Å². The Bertz CT molecular complexity index is 419. The number of nitrogens with zero attached hydrogens (tertiary/aromatic N) is 2. The van der Waals surface area contributed by atoms with Crippen molar-refractivity contribution in [3.05, 3.63) is 29.8 Å². The SMILES string of the molecule is CCc1ccccc1N=C(C)N(C)CCOCCOC. The molecule has 0 unspecified atom stereocenters. The quantitative estimate of drug-likeness (QED) is 0.416. The van der Waals surface area contributed by atoms with Gasteiger partial charge in [0.15, 0.2) is 0 Å². The van der Waals surface area contributed by atoms with Gasteiger partial charge in [0.2, 0.25) is 0 Å². The van der Waals surface area contributed by atoms with Gasteiger partial charge in [-0.05, 0) is 25.0 Å². The van der Waals surface area contributed by atoms with Gasteiger partial charge >= 0.3 is 0 Å². The molecule has 0 N–H and O–H groups in total. The average Bonchev–Trinajstić information content (AvgIpc) is 2.47. The summed E-state index contributed by atoms with van der Waals surface area (Å²) in [7, 11) is 3.71. The van der Waals surface area contributed by atoms with Crippen molar-refractivity contribution in [2.45, 2.75) is 20.3 Å². The second-order valence-electron chi connectivity index (χ2n) is 4.67. The van der Waals surface area contributed by atoms with Crippen LogP contribution in [0.3, 0.4) is 0 Å². The van der Waals surface area contributed by atoms with E-state index in [0.717, 1.165) is 24.5 Å². The Balaban J connectivity index is 2.50. The molecule has 0 saturated carbocycles. The number of likely N-dealkylation sites (N-methyl/N-ethyl adjacent to an activating group) is 1. The number of para-hydroxylation sites is 1. The summed E-state index contributed by atoms with van der Waals surface area (Å²) < 4.78 is 10.4. The number of rotatable bonds is 8. The molecule has 0 saturated heterocycles. The van der Waals surface area contributed by atoms with Crippen molar-refractivity contribution < 1.29 is 9.47 Å². The van der Waals surface area contributed by atoms with Gasteiger partial charge in [-0.3, -0.25) is 0 Å². The van der Waals surface area contributed by atoms with Gasteiger partial charge in [0.1, 0.15) is 5.84 Å². The van der Waals surface area contributed by atoms with Gasteiger partial charge in [-0.2, -0.15) is 0 Å². The molecule has 0 aliphatic rings. The van der Waals surface area contributed by atoms with Crippen LogP contribution in [0.25, 0.3) is 0 Å². The molecule has 0 amide bonds. The van der Waals surface area contributed by atoms with E-state index < -0.39 is 0 Å². The molecule has 0 fully saturated rings. The normalized spacial score (nSPS) is 11.7.